The van der Waals surface area contributed by atoms with E-state index in [1.807, 2.05) is 24.6 Å². The average molecular weight is 343 g/mol. The Balaban J connectivity index is 2.08. The Morgan fingerprint density at radius 3 is 2.65 bits per heavy atom. The molecule has 9 heteroatoms. The zero-order chi connectivity index (χ0) is 16.2. The standard InChI is InChI=1S/C14H13N7S2/c1-22-12-10(7-15)11(17-8-9-3-5-16-6-4-9)21-13(18-12)19-14(20-21)23-2/h3-6,17H,8H2,1-2H3. The molecule has 0 saturated carbocycles. The van der Waals surface area contributed by atoms with Crippen molar-refractivity contribution in [3.8, 4) is 6.07 Å². The normalized spacial score (nSPS) is 10.7. The van der Waals surface area contributed by atoms with Gasteiger partial charge < -0.3 is 5.32 Å². The third kappa shape index (κ3) is 3.09. The van der Waals surface area contributed by atoms with Gasteiger partial charge in [-0.15, -0.1) is 16.9 Å². The molecule has 3 heterocycles. The molecule has 0 aliphatic carbocycles. The van der Waals surface area contributed by atoms with Crippen LogP contribution < -0.4 is 5.32 Å². The number of thioether (sulfide) groups is 2. The monoisotopic (exact) mass is 343 g/mol. The molecule has 0 amide bonds. The second-order valence-electron chi connectivity index (χ2n) is 4.48. The van der Waals surface area contributed by atoms with Gasteiger partial charge in [0.2, 0.25) is 5.16 Å². The number of hydrogen-bond acceptors (Lipinski definition) is 8. The predicted octanol–water partition coefficient (Wildman–Crippen LogP) is 2.45. The van der Waals surface area contributed by atoms with Crippen LogP contribution in [0.5, 0.6) is 0 Å². The number of nitriles is 1. The van der Waals surface area contributed by atoms with Gasteiger partial charge in [-0.25, -0.2) is 4.98 Å². The second kappa shape index (κ2) is 6.85. The summed E-state index contributed by atoms with van der Waals surface area (Å²) in [5, 5.41) is 18.5. The second-order valence-corrected chi connectivity index (χ2v) is 6.04. The Morgan fingerprint density at radius 2 is 2.00 bits per heavy atom. The first-order valence-corrected chi connectivity index (χ1v) is 9.13. The summed E-state index contributed by atoms with van der Waals surface area (Å²) in [5.74, 6) is 1.08. The summed E-state index contributed by atoms with van der Waals surface area (Å²) in [5.41, 5.74) is 1.53. The molecule has 0 aliphatic rings. The minimum absolute atomic E-state index is 0.469. The summed E-state index contributed by atoms with van der Waals surface area (Å²) in [7, 11) is 0. The Morgan fingerprint density at radius 1 is 1.22 bits per heavy atom. The van der Waals surface area contributed by atoms with Gasteiger partial charge in [-0.3, -0.25) is 4.98 Å². The average Bonchev–Trinajstić information content (AvgIpc) is 3.02. The fraction of sp³-hybridized carbons (Fsp3) is 0.214. The van der Waals surface area contributed by atoms with Crippen LogP contribution in [-0.2, 0) is 6.54 Å². The number of aromatic nitrogens is 5. The molecule has 0 bridgehead atoms. The molecular weight excluding hydrogens is 330 g/mol. The van der Waals surface area contributed by atoms with Gasteiger partial charge in [0.05, 0.1) is 0 Å². The van der Waals surface area contributed by atoms with E-state index < -0.39 is 0 Å². The van der Waals surface area contributed by atoms with Crippen LogP contribution in [0.15, 0.2) is 34.7 Å². The molecule has 0 radical (unpaired) electrons. The molecule has 3 rings (SSSR count). The van der Waals surface area contributed by atoms with Crippen molar-refractivity contribution >= 4 is 35.1 Å². The lowest BCUT2D eigenvalue weighted by Crippen LogP contribution is -2.10. The first-order chi connectivity index (χ1) is 11.3. The molecule has 0 unspecified atom stereocenters. The highest BCUT2D eigenvalue weighted by Gasteiger charge is 2.17. The van der Waals surface area contributed by atoms with E-state index in [-0.39, 0.29) is 0 Å². The molecule has 0 spiro atoms. The molecule has 0 saturated heterocycles. The number of rotatable bonds is 5. The van der Waals surface area contributed by atoms with E-state index in [4.69, 9.17) is 0 Å². The summed E-state index contributed by atoms with van der Waals surface area (Å²) >= 11 is 2.85. The minimum atomic E-state index is 0.469. The van der Waals surface area contributed by atoms with Gasteiger partial charge >= 0.3 is 0 Å². The highest BCUT2D eigenvalue weighted by molar-refractivity contribution is 7.98. The molecule has 116 valence electrons. The van der Waals surface area contributed by atoms with Gasteiger partial charge in [-0.1, -0.05) is 11.8 Å². The minimum Gasteiger partial charge on any atom is -0.365 e. The zero-order valence-corrected chi connectivity index (χ0v) is 14.1. The van der Waals surface area contributed by atoms with Crippen LogP contribution in [0.2, 0.25) is 0 Å². The Labute approximate surface area is 141 Å². The van der Waals surface area contributed by atoms with Crippen molar-refractivity contribution in [1.29, 1.82) is 5.26 Å². The number of pyridine rings is 1. The van der Waals surface area contributed by atoms with Crippen molar-refractivity contribution < 1.29 is 0 Å². The maximum Gasteiger partial charge on any atom is 0.256 e. The van der Waals surface area contributed by atoms with E-state index in [2.05, 4.69) is 31.4 Å². The summed E-state index contributed by atoms with van der Waals surface area (Å²) in [6, 6.07) is 6.05. The summed E-state index contributed by atoms with van der Waals surface area (Å²) in [4.78, 5) is 12.8. The van der Waals surface area contributed by atoms with Gasteiger partial charge in [-0.05, 0) is 30.2 Å². The maximum absolute atomic E-state index is 9.53. The summed E-state index contributed by atoms with van der Waals surface area (Å²) < 4.78 is 1.59. The van der Waals surface area contributed by atoms with Crippen molar-refractivity contribution in [2.45, 2.75) is 16.7 Å². The van der Waals surface area contributed by atoms with E-state index in [0.717, 1.165) is 5.56 Å². The number of anilines is 1. The third-order valence-corrected chi connectivity index (χ3v) is 4.35. The fourth-order valence-electron chi connectivity index (χ4n) is 2.05. The quantitative estimate of drug-likeness (QED) is 0.558. The van der Waals surface area contributed by atoms with Crippen molar-refractivity contribution in [3.05, 3.63) is 35.7 Å². The van der Waals surface area contributed by atoms with Gasteiger partial charge in [-0.2, -0.15) is 14.8 Å². The smallest absolute Gasteiger partial charge is 0.256 e. The molecule has 0 aromatic carbocycles. The Hall–Kier alpha value is -2.31. The van der Waals surface area contributed by atoms with E-state index in [1.54, 1.807) is 16.9 Å². The van der Waals surface area contributed by atoms with Crippen LogP contribution in [0.1, 0.15) is 11.1 Å². The van der Waals surface area contributed by atoms with Crippen LogP contribution in [0.25, 0.3) is 5.78 Å². The van der Waals surface area contributed by atoms with Crippen LogP contribution >= 0.6 is 23.5 Å². The predicted molar refractivity (Wildman–Crippen MR) is 90.6 cm³/mol. The highest BCUT2D eigenvalue weighted by Crippen LogP contribution is 2.26. The fourth-order valence-corrected chi connectivity index (χ4v) is 2.90. The Kier molecular flexibility index (Phi) is 4.64. The van der Waals surface area contributed by atoms with Gasteiger partial charge in [0.25, 0.3) is 5.78 Å². The number of fused-ring (bicyclic) bond motifs is 1. The Bertz CT molecular complexity index is 870. The number of hydrogen-bond donors (Lipinski definition) is 1. The van der Waals surface area contributed by atoms with E-state index in [0.29, 0.717) is 33.9 Å². The highest BCUT2D eigenvalue weighted by atomic mass is 32.2. The largest absolute Gasteiger partial charge is 0.365 e. The van der Waals surface area contributed by atoms with Crippen LogP contribution in [0.4, 0.5) is 5.82 Å². The number of nitrogens with one attached hydrogen (secondary N) is 1. The lowest BCUT2D eigenvalue weighted by Gasteiger charge is -2.11. The topological polar surface area (TPSA) is 91.8 Å². The van der Waals surface area contributed by atoms with Crippen molar-refractivity contribution in [3.63, 3.8) is 0 Å². The molecule has 3 aromatic rings. The third-order valence-electron chi connectivity index (χ3n) is 3.13. The summed E-state index contributed by atoms with van der Waals surface area (Å²) in [6.45, 7) is 0.554. The van der Waals surface area contributed by atoms with Crippen molar-refractivity contribution in [2.24, 2.45) is 0 Å². The lowest BCUT2D eigenvalue weighted by atomic mass is 10.2. The number of nitrogens with zero attached hydrogens (tertiary/aromatic N) is 6. The van der Waals surface area contributed by atoms with Gasteiger partial charge in [0.1, 0.15) is 16.7 Å². The molecule has 1 N–H and O–H groups in total. The summed E-state index contributed by atoms with van der Waals surface area (Å²) in [6.07, 6.45) is 7.26. The molecule has 7 nitrogen and oxygen atoms in total. The molecule has 0 fully saturated rings. The zero-order valence-electron chi connectivity index (χ0n) is 12.5. The molecular formula is C14H13N7S2. The van der Waals surface area contributed by atoms with Crippen molar-refractivity contribution in [1.82, 2.24) is 24.6 Å². The van der Waals surface area contributed by atoms with Crippen molar-refractivity contribution in [2.75, 3.05) is 17.8 Å². The van der Waals surface area contributed by atoms with Crippen LogP contribution in [0.3, 0.4) is 0 Å². The van der Waals surface area contributed by atoms with E-state index >= 15 is 0 Å². The van der Waals surface area contributed by atoms with Crippen LogP contribution in [-0.4, -0.2) is 37.1 Å². The van der Waals surface area contributed by atoms with Crippen LogP contribution in [0, 0.1) is 11.3 Å². The lowest BCUT2D eigenvalue weighted by molar-refractivity contribution is 0.860. The first kappa shape index (κ1) is 15.6. The molecule has 23 heavy (non-hydrogen) atoms. The van der Waals surface area contributed by atoms with Gasteiger partial charge in [0.15, 0.2) is 5.82 Å². The van der Waals surface area contributed by atoms with E-state index in [9.17, 15) is 5.26 Å². The maximum atomic E-state index is 9.53. The molecule has 0 aliphatic heterocycles. The SMILES string of the molecule is CSc1nc2nc(SC)c(C#N)c(NCc3ccncc3)n2n1. The van der Waals surface area contributed by atoms with Gasteiger partial charge in [0, 0.05) is 18.9 Å². The molecule has 0 atom stereocenters. The van der Waals surface area contributed by atoms with E-state index in [1.165, 1.54) is 23.5 Å². The molecule has 3 aromatic heterocycles. The first-order valence-electron chi connectivity index (χ1n) is 6.68.